The molecule has 1 heterocycles. The zero-order chi connectivity index (χ0) is 15.0. The number of thioether (sulfide) groups is 1. The Morgan fingerprint density at radius 3 is 2.75 bits per heavy atom. The van der Waals surface area contributed by atoms with Crippen LogP contribution >= 0.6 is 23.4 Å². The first-order valence-corrected chi connectivity index (χ1v) is 8.59. The fourth-order valence-electron chi connectivity index (χ4n) is 1.85. The second kappa shape index (κ2) is 5.51. The van der Waals surface area contributed by atoms with Gasteiger partial charge in [0, 0.05) is 5.75 Å². The normalized spacial score (nSPS) is 22.9. The van der Waals surface area contributed by atoms with Gasteiger partial charge in [-0.1, -0.05) is 11.6 Å². The van der Waals surface area contributed by atoms with Crippen molar-refractivity contribution in [1.29, 1.82) is 0 Å². The van der Waals surface area contributed by atoms with Gasteiger partial charge in [0.25, 0.3) is 0 Å². The molecule has 2 N–H and O–H groups in total. The second-order valence-corrected chi connectivity index (χ2v) is 7.53. The van der Waals surface area contributed by atoms with Crippen LogP contribution in [0.1, 0.15) is 6.42 Å². The highest BCUT2D eigenvalue weighted by Gasteiger charge is 2.45. The first kappa shape index (κ1) is 15.6. The van der Waals surface area contributed by atoms with E-state index in [-0.39, 0.29) is 17.2 Å². The van der Waals surface area contributed by atoms with Crippen molar-refractivity contribution in [2.45, 2.75) is 16.9 Å². The molecule has 1 atom stereocenters. The average Bonchev–Trinajstić information content (AvgIpc) is 2.81. The Labute approximate surface area is 124 Å². The molecule has 20 heavy (non-hydrogen) atoms. The van der Waals surface area contributed by atoms with Crippen LogP contribution in [-0.2, 0) is 14.8 Å². The van der Waals surface area contributed by atoms with Gasteiger partial charge in [0.2, 0.25) is 10.0 Å². The molecule has 1 aromatic rings. The number of hydrogen-bond acceptors (Lipinski definition) is 4. The molecule has 2 rings (SSSR count). The minimum atomic E-state index is -4.22. The number of aliphatic carboxylic acids is 1. The molecule has 1 fully saturated rings. The molecule has 0 aromatic heterocycles. The third kappa shape index (κ3) is 2.93. The van der Waals surface area contributed by atoms with Crippen molar-refractivity contribution in [2.24, 2.45) is 0 Å². The van der Waals surface area contributed by atoms with Crippen molar-refractivity contribution in [3.8, 4) is 0 Å². The van der Waals surface area contributed by atoms with Gasteiger partial charge in [0.1, 0.15) is 16.3 Å². The van der Waals surface area contributed by atoms with E-state index in [1.807, 2.05) is 0 Å². The van der Waals surface area contributed by atoms with Gasteiger partial charge < -0.3 is 5.11 Å². The molecular formula is C11H11ClFNO4S2. The summed E-state index contributed by atoms with van der Waals surface area (Å²) in [5, 5.41) is 9.09. The minimum Gasteiger partial charge on any atom is -0.480 e. The molecule has 0 aliphatic carbocycles. The molecule has 0 radical (unpaired) electrons. The van der Waals surface area contributed by atoms with E-state index in [0.29, 0.717) is 5.75 Å². The van der Waals surface area contributed by atoms with Crippen LogP contribution in [0.5, 0.6) is 0 Å². The Morgan fingerprint density at radius 1 is 1.50 bits per heavy atom. The van der Waals surface area contributed by atoms with Gasteiger partial charge in [-0.05, 0) is 30.4 Å². The van der Waals surface area contributed by atoms with Gasteiger partial charge >= 0.3 is 5.97 Å². The molecule has 0 amide bonds. The summed E-state index contributed by atoms with van der Waals surface area (Å²) in [7, 11) is -4.22. The maximum Gasteiger partial charge on any atom is 0.325 e. The molecule has 1 unspecified atom stereocenters. The van der Waals surface area contributed by atoms with Crippen molar-refractivity contribution in [3.05, 3.63) is 29.0 Å². The fourth-order valence-corrected chi connectivity index (χ4v) is 5.17. The van der Waals surface area contributed by atoms with E-state index in [9.17, 15) is 22.7 Å². The SMILES string of the molecule is O=C(O)C1(NS(=O)(=O)c2cc(F)ccc2Cl)CCSC1. The zero-order valence-corrected chi connectivity index (χ0v) is 12.5. The van der Waals surface area contributed by atoms with E-state index >= 15 is 0 Å². The van der Waals surface area contributed by atoms with E-state index in [2.05, 4.69) is 4.72 Å². The lowest BCUT2D eigenvalue weighted by molar-refractivity contribution is -0.142. The average molecular weight is 340 g/mol. The third-order valence-electron chi connectivity index (χ3n) is 2.94. The summed E-state index contributed by atoms with van der Waals surface area (Å²) >= 11 is 7.09. The van der Waals surface area contributed by atoms with Gasteiger partial charge in [0.15, 0.2) is 0 Å². The largest absolute Gasteiger partial charge is 0.480 e. The van der Waals surface area contributed by atoms with Crippen LogP contribution in [0.25, 0.3) is 0 Å². The molecule has 1 aliphatic rings. The lowest BCUT2D eigenvalue weighted by Crippen LogP contribution is -2.54. The van der Waals surface area contributed by atoms with Gasteiger partial charge in [-0.2, -0.15) is 16.5 Å². The molecule has 1 aromatic carbocycles. The summed E-state index contributed by atoms with van der Waals surface area (Å²) in [5.74, 6) is -1.36. The number of carbonyl (C=O) groups is 1. The van der Waals surface area contributed by atoms with Crippen molar-refractivity contribution in [2.75, 3.05) is 11.5 Å². The second-order valence-electron chi connectivity index (χ2n) is 4.37. The quantitative estimate of drug-likeness (QED) is 0.872. The Balaban J connectivity index is 2.40. The van der Waals surface area contributed by atoms with Crippen LogP contribution in [0.4, 0.5) is 4.39 Å². The number of benzene rings is 1. The van der Waals surface area contributed by atoms with E-state index in [1.54, 1.807) is 0 Å². The van der Waals surface area contributed by atoms with Crippen molar-refractivity contribution in [1.82, 2.24) is 4.72 Å². The highest BCUT2D eigenvalue weighted by Crippen LogP contribution is 2.31. The summed E-state index contributed by atoms with van der Waals surface area (Å²) in [5.41, 5.74) is -1.57. The topological polar surface area (TPSA) is 83.5 Å². The number of carboxylic acids is 1. The first-order chi connectivity index (χ1) is 9.27. The summed E-state index contributed by atoms with van der Waals surface area (Å²) in [6, 6.07) is 2.91. The predicted molar refractivity (Wildman–Crippen MR) is 74.0 cm³/mol. The van der Waals surface area contributed by atoms with Crippen LogP contribution in [0.3, 0.4) is 0 Å². The molecule has 0 bridgehead atoms. The highest BCUT2D eigenvalue weighted by atomic mass is 35.5. The Kier molecular flexibility index (Phi) is 4.29. The summed E-state index contributed by atoms with van der Waals surface area (Å²) in [6.07, 6.45) is 0.166. The van der Waals surface area contributed by atoms with Crippen LogP contribution < -0.4 is 4.72 Å². The van der Waals surface area contributed by atoms with Crippen LogP contribution in [-0.4, -0.2) is 36.5 Å². The highest BCUT2D eigenvalue weighted by molar-refractivity contribution is 7.99. The van der Waals surface area contributed by atoms with Crippen molar-refractivity contribution >= 4 is 39.4 Å². The smallest absolute Gasteiger partial charge is 0.325 e. The number of halogens is 2. The molecule has 9 heteroatoms. The standard InChI is InChI=1S/C11H11ClFNO4S2/c12-8-2-1-7(13)5-9(8)20(17,18)14-11(10(15)16)3-4-19-6-11/h1-2,5,14H,3-4,6H2,(H,15,16). The van der Waals surface area contributed by atoms with Crippen molar-refractivity contribution in [3.63, 3.8) is 0 Å². The van der Waals surface area contributed by atoms with E-state index in [4.69, 9.17) is 11.6 Å². The number of nitrogens with one attached hydrogen (secondary N) is 1. The fraction of sp³-hybridized carbons (Fsp3) is 0.364. The van der Waals surface area contributed by atoms with E-state index < -0.39 is 32.2 Å². The molecule has 1 aliphatic heterocycles. The van der Waals surface area contributed by atoms with Gasteiger partial charge in [-0.3, -0.25) is 4.79 Å². The summed E-state index contributed by atoms with van der Waals surface area (Å²) < 4.78 is 39.8. The van der Waals surface area contributed by atoms with Crippen LogP contribution in [0.2, 0.25) is 5.02 Å². The molecule has 0 saturated carbocycles. The lowest BCUT2D eigenvalue weighted by atomic mass is 10.0. The van der Waals surface area contributed by atoms with Crippen molar-refractivity contribution < 1.29 is 22.7 Å². The van der Waals surface area contributed by atoms with Gasteiger partial charge in [-0.25, -0.2) is 12.8 Å². The molecule has 110 valence electrons. The predicted octanol–water partition coefficient (Wildman–Crippen LogP) is 1.72. The van der Waals surface area contributed by atoms with Gasteiger partial charge in [-0.15, -0.1) is 0 Å². The monoisotopic (exact) mass is 339 g/mol. The maximum absolute atomic E-state index is 13.2. The number of rotatable bonds is 4. The molecular weight excluding hydrogens is 329 g/mol. The Hall–Kier alpha value is -0.830. The molecule has 0 spiro atoms. The first-order valence-electron chi connectivity index (χ1n) is 5.57. The van der Waals surface area contributed by atoms with Crippen LogP contribution in [0.15, 0.2) is 23.1 Å². The zero-order valence-electron chi connectivity index (χ0n) is 10.1. The van der Waals surface area contributed by atoms with Gasteiger partial charge in [0.05, 0.1) is 5.02 Å². The lowest BCUT2D eigenvalue weighted by Gasteiger charge is -2.24. The minimum absolute atomic E-state index is 0.120. The van der Waals surface area contributed by atoms with E-state index in [1.165, 1.54) is 11.8 Å². The van der Waals surface area contributed by atoms with Crippen LogP contribution in [0, 0.1) is 5.82 Å². The molecule has 5 nitrogen and oxygen atoms in total. The number of hydrogen-bond donors (Lipinski definition) is 2. The Bertz CT molecular complexity index is 644. The summed E-state index contributed by atoms with van der Waals surface area (Å²) in [6.45, 7) is 0. The third-order valence-corrected chi connectivity index (χ3v) is 6.15. The molecule has 1 saturated heterocycles. The number of sulfonamides is 1. The summed E-state index contributed by atoms with van der Waals surface area (Å²) in [4.78, 5) is 10.9. The van der Waals surface area contributed by atoms with E-state index in [0.717, 1.165) is 18.2 Å². The Morgan fingerprint density at radius 2 is 2.20 bits per heavy atom. The maximum atomic E-state index is 13.2. The number of carboxylic acid groups (broad SMARTS) is 1.